The summed E-state index contributed by atoms with van der Waals surface area (Å²) in [6.45, 7) is 0. The van der Waals surface area contributed by atoms with Gasteiger partial charge in [0.2, 0.25) is 0 Å². The van der Waals surface area contributed by atoms with Gasteiger partial charge in [-0.3, -0.25) is 4.98 Å². The zero-order valence-electron chi connectivity index (χ0n) is 20.6. The fourth-order valence-corrected chi connectivity index (χ4v) is 5.69. The number of anilines is 1. The molecule has 2 N–H and O–H groups in total. The first-order valence-electron chi connectivity index (χ1n) is 12.8. The molecule has 2 aromatic heterocycles. The molecule has 0 radical (unpaired) electrons. The Kier molecular flexibility index (Phi) is 6.55. The molecule has 2 fully saturated rings. The van der Waals surface area contributed by atoms with Crippen LogP contribution in [0.4, 0.5) is 5.69 Å². The van der Waals surface area contributed by atoms with E-state index in [-0.39, 0.29) is 23.8 Å². The summed E-state index contributed by atoms with van der Waals surface area (Å²) in [6.07, 6.45) is 6.67. The second kappa shape index (κ2) is 10.3. The molecular formula is C30H27N3O4S. The number of carbonyl (C=O) groups is 1. The van der Waals surface area contributed by atoms with Gasteiger partial charge < -0.3 is 24.5 Å². The number of nitrogens with zero attached hydrogens (tertiary/aromatic N) is 2. The van der Waals surface area contributed by atoms with Crippen LogP contribution in [0.5, 0.6) is 5.75 Å². The Balaban J connectivity index is 1.37. The first-order chi connectivity index (χ1) is 18.6. The third-order valence-electron chi connectivity index (χ3n) is 7.16. The number of aromatic nitrogens is 1. The minimum atomic E-state index is -1.00. The fraction of sp³-hybridized carbons (Fsp3) is 0.233. The lowest BCUT2D eigenvalue weighted by atomic mass is 10.0. The van der Waals surface area contributed by atoms with Crippen LogP contribution in [0.1, 0.15) is 59.6 Å². The van der Waals surface area contributed by atoms with Crippen molar-refractivity contribution < 1.29 is 19.1 Å². The molecule has 0 unspecified atom stereocenters. The van der Waals surface area contributed by atoms with Gasteiger partial charge in [-0.25, -0.2) is 4.79 Å². The maximum atomic E-state index is 11.8. The van der Waals surface area contributed by atoms with Crippen molar-refractivity contribution in [2.75, 3.05) is 4.90 Å². The summed E-state index contributed by atoms with van der Waals surface area (Å²) < 4.78 is 12.5. The molecule has 6 rings (SSSR count). The summed E-state index contributed by atoms with van der Waals surface area (Å²) in [4.78, 5) is 18.4. The molecule has 192 valence electrons. The van der Waals surface area contributed by atoms with Crippen LogP contribution in [0, 0.1) is 0 Å². The van der Waals surface area contributed by atoms with Crippen molar-refractivity contribution in [1.29, 1.82) is 0 Å². The normalized spacial score (nSPS) is 19.5. The average Bonchev–Trinajstić information content (AvgIpc) is 3.70. The number of benzene rings is 2. The van der Waals surface area contributed by atoms with Gasteiger partial charge in [0.1, 0.15) is 23.3 Å². The predicted octanol–water partition coefficient (Wildman–Crippen LogP) is 6.54. The Morgan fingerprint density at radius 3 is 2.50 bits per heavy atom. The second-order valence-corrected chi connectivity index (χ2v) is 9.95. The van der Waals surface area contributed by atoms with Gasteiger partial charge >= 0.3 is 5.97 Å². The number of ether oxygens (including phenoxy) is 1. The molecule has 2 atom stereocenters. The number of hydrogen-bond donors (Lipinski definition) is 2. The summed E-state index contributed by atoms with van der Waals surface area (Å²) in [5.41, 5.74) is 2.43. The Bertz CT molecular complexity index is 1450. The molecule has 2 aliphatic rings. The van der Waals surface area contributed by atoms with Crippen LogP contribution < -0.4 is 15.0 Å². The van der Waals surface area contributed by atoms with Crippen molar-refractivity contribution in [3.05, 3.63) is 102 Å². The molecular weight excluding hydrogens is 498 g/mol. The Morgan fingerprint density at radius 2 is 1.76 bits per heavy atom. The van der Waals surface area contributed by atoms with Gasteiger partial charge in [0.25, 0.3) is 0 Å². The highest BCUT2D eigenvalue weighted by molar-refractivity contribution is 7.80. The number of carboxylic acids is 1. The predicted molar refractivity (Wildman–Crippen MR) is 148 cm³/mol. The molecule has 7 nitrogen and oxygen atoms in total. The van der Waals surface area contributed by atoms with Crippen LogP contribution >= 0.6 is 12.2 Å². The van der Waals surface area contributed by atoms with Gasteiger partial charge in [-0.1, -0.05) is 24.3 Å². The lowest BCUT2D eigenvalue weighted by molar-refractivity contribution is 0.0697. The molecule has 3 heterocycles. The maximum absolute atomic E-state index is 11.8. The van der Waals surface area contributed by atoms with Gasteiger partial charge in [0.05, 0.1) is 23.4 Å². The topological polar surface area (TPSA) is 87.8 Å². The van der Waals surface area contributed by atoms with Crippen LogP contribution in [-0.2, 0) is 0 Å². The molecule has 38 heavy (non-hydrogen) atoms. The highest BCUT2D eigenvalue weighted by Gasteiger charge is 2.42. The van der Waals surface area contributed by atoms with Crippen molar-refractivity contribution >= 4 is 29.0 Å². The van der Waals surface area contributed by atoms with E-state index in [1.165, 1.54) is 12.8 Å². The number of furan rings is 1. The third kappa shape index (κ3) is 4.63. The lowest BCUT2D eigenvalue weighted by Crippen LogP contribution is -2.29. The molecule has 1 saturated carbocycles. The molecule has 4 aromatic rings. The molecule has 0 amide bonds. The molecule has 0 spiro atoms. The van der Waals surface area contributed by atoms with Gasteiger partial charge in [0, 0.05) is 17.4 Å². The smallest absolute Gasteiger partial charge is 0.336 e. The van der Waals surface area contributed by atoms with E-state index in [1.807, 2.05) is 59.5 Å². The van der Waals surface area contributed by atoms with Gasteiger partial charge in [-0.2, -0.15) is 0 Å². The summed E-state index contributed by atoms with van der Waals surface area (Å²) in [6, 6.07) is 23.7. The van der Waals surface area contributed by atoms with Crippen LogP contribution in [0.3, 0.4) is 0 Å². The Hall–Kier alpha value is -4.17. The van der Waals surface area contributed by atoms with E-state index in [1.54, 1.807) is 30.5 Å². The number of carboxylic acid groups (broad SMARTS) is 1. The molecule has 1 saturated heterocycles. The summed E-state index contributed by atoms with van der Waals surface area (Å²) in [7, 11) is 0. The van der Waals surface area contributed by atoms with E-state index in [9.17, 15) is 9.90 Å². The van der Waals surface area contributed by atoms with Crippen molar-refractivity contribution in [3.8, 4) is 17.1 Å². The highest BCUT2D eigenvalue weighted by Crippen LogP contribution is 2.43. The zero-order valence-corrected chi connectivity index (χ0v) is 21.4. The highest BCUT2D eigenvalue weighted by atomic mass is 32.1. The van der Waals surface area contributed by atoms with Crippen LogP contribution in [-0.4, -0.2) is 27.3 Å². The van der Waals surface area contributed by atoms with Crippen LogP contribution in [0.25, 0.3) is 11.3 Å². The molecule has 2 aromatic carbocycles. The van der Waals surface area contributed by atoms with Gasteiger partial charge in [-0.05, 0) is 92.5 Å². The summed E-state index contributed by atoms with van der Waals surface area (Å²) in [5.74, 6) is 0.975. The quantitative estimate of drug-likeness (QED) is 0.263. The second-order valence-electron chi connectivity index (χ2n) is 9.57. The van der Waals surface area contributed by atoms with E-state index in [2.05, 4.69) is 10.3 Å². The molecule has 1 aliphatic carbocycles. The van der Waals surface area contributed by atoms with Gasteiger partial charge in [0.15, 0.2) is 5.11 Å². The van der Waals surface area contributed by atoms with E-state index in [4.69, 9.17) is 21.4 Å². The summed E-state index contributed by atoms with van der Waals surface area (Å²) >= 11 is 5.82. The monoisotopic (exact) mass is 525 g/mol. The van der Waals surface area contributed by atoms with E-state index in [0.29, 0.717) is 22.2 Å². The minimum absolute atomic E-state index is 0.185. The fourth-order valence-electron chi connectivity index (χ4n) is 5.35. The van der Waals surface area contributed by atoms with Crippen molar-refractivity contribution in [2.24, 2.45) is 0 Å². The van der Waals surface area contributed by atoms with E-state index < -0.39 is 5.97 Å². The average molecular weight is 526 g/mol. The SMILES string of the molecule is O=C(O)c1ccccc1-c1ccc([C@H]2[C@@H](c3ccccn3)NC(=S)N2c2ccc(OC3CCCC3)cc2)o1. The number of aromatic carboxylic acids is 1. The van der Waals surface area contributed by atoms with E-state index >= 15 is 0 Å². The molecule has 8 heteroatoms. The number of thiocarbonyl (C=S) groups is 1. The third-order valence-corrected chi connectivity index (χ3v) is 7.47. The first-order valence-corrected chi connectivity index (χ1v) is 13.2. The zero-order chi connectivity index (χ0) is 26.1. The Labute approximate surface area is 226 Å². The largest absolute Gasteiger partial charge is 0.490 e. The lowest BCUT2D eigenvalue weighted by Gasteiger charge is -2.26. The molecule has 1 aliphatic heterocycles. The first kappa shape index (κ1) is 24.2. The van der Waals surface area contributed by atoms with Crippen molar-refractivity contribution in [3.63, 3.8) is 0 Å². The summed E-state index contributed by atoms with van der Waals surface area (Å²) in [5, 5.41) is 13.7. The maximum Gasteiger partial charge on any atom is 0.336 e. The van der Waals surface area contributed by atoms with Crippen molar-refractivity contribution in [1.82, 2.24) is 10.3 Å². The number of rotatable bonds is 7. The standard InChI is InChI=1S/C30H27N3O4S/c34-29(35)23-10-4-3-9-22(23)25-16-17-26(37-25)28-27(24-11-5-6-18-31-24)32-30(38)33(28)19-12-14-21(15-13-19)36-20-7-1-2-8-20/h3-6,9-18,20,27-28H,1-2,7-8H2,(H,32,38)(H,34,35)/t27-,28+/m1/s1. The number of pyridine rings is 1. The van der Waals surface area contributed by atoms with E-state index in [0.717, 1.165) is 30.0 Å². The number of nitrogens with one attached hydrogen (secondary N) is 1. The Morgan fingerprint density at radius 1 is 1.00 bits per heavy atom. The van der Waals surface area contributed by atoms with Crippen LogP contribution in [0.2, 0.25) is 0 Å². The van der Waals surface area contributed by atoms with Crippen LogP contribution in [0.15, 0.2) is 89.5 Å². The number of hydrogen-bond acceptors (Lipinski definition) is 5. The van der Waals surface area contributed by atoms with Gasteiger partial charge in [-0.15, -0.1) is 0 Å². The van der Waals surface area contributed by atoms with Crippen molar-refractivity contribution in [2.45, 2.75) is 43.9 Å². The minimum Gasteiger partial charge on any atom is -0.490 e. The molecule has 0 bridgehead atoms.